The molecule has 4 aromatic carbocycles. The van der Waals surface area contributed by atoms with E-state index in [4.69, 9.17) is 0 Å². The number of nitrogens with one attached hydrogen (secondary N) is 2. The smallest absolute Gasteiger partial charge is 0.226 e. The minimum Gasteiger partial charge on any atom is -0.391 e. The monoisotopic (exact) mass is 562 g/mol. The summed E-state index contributed by atoms with van der Waals surface area (Å²) >= 11 is 0. The van der Waals surface area contributed by atoms with Crippen LogP contribution in [0, 0.1) is 11.8 Å². The zero-order valence-electron chi connectivity index (χ0n) is 23.6. The summed E-state index contributed by atoms with van der Waals surface area (Å²) in [4.78, 5) is 28.1. The van der Waals surface area contributed by atoms with Gasteiger partial charge >= 0.3 is 0 Å². The number of rotatable bonds is 8. The fourth-order valence-electron chi connectivity index (χ4n) is 5.86. The van der Waals surface area contributed by atoms with Crippen LogP contribution in [0.25, 0.3) is 0 Å². The number of benzene rings is 4. The lowest BCUT2D eigenvalue weighted by Gasteiger charge is -2.37. The van der Waals surface area contributed by atoms with Crippen molar-refractivity contribution >= 4 is 11.8 Å². The first-order chi connectivity index (χ1) is 20.5. The Balaban J connectivity index is 1.53. The van der Waals surface area contributed by atoms with Gasteiger partial charge in [-0.1, -0.05) is 121 Å². The maximum atomic E-state index is 14.0. The average molecular weight is 563 g/mol. The molecule has 1 fully saturated rings. The lowest BCUT2D eigenvalue weighted by molar-refractivity contribution is -0.139. The van der Waals surface area contributed by atoms with Gasteiger partial charge in [0.1, 0.15) is 0 Å². The highest BCUT2D eigenvalue weighted by atomic mass is 16.3. The van der Waals surface area contributed by atoms with Gasteiger partial charge < -0.3 is 20.8 Å². The Kier molecular flexibility index (Phi) is 9.80. The van der Waals surface area contributed by atoms with Crippen LogP contribution < -0.4 is 10.6 Å². The van der Waals surface area contributed by atoms with Crippen LogP contribution in [0.3, 0.4) is 0 Å². The molecule has 6 nitrogen and oxygen atoms in total. The summed E-state index contributed by atoms with van der Waals surface area (Å²) in [5.41, 5.74) is 3.67. The molecule has 4 N–H and O–H groups in total. The second-order valence-corrected chi connectivity index (χ2v) is 11.2. The number of hydrogen-bond donors (Lipinski definition) is 4. The summed E-state index contributed by atoms with van der Waals surface area (Å²) in [5, 5.41) is 29.9. The Morgan fingerprint density at radius 1 is 0.429 bits per heavy atom. The largest absolute Gasteiger partial charge is 0.391 e. The van der Waals surface area contributed by atoms with Crippen molar-refractivity contribution in [3.05, 3.63) is 144 Å². The second-order valence-electron chi connectivity index (χ2n) is 11.2. The average Bonchev–Trinajstić information content (AvgIpc) is 3.02. The highest BCUT2D eigenvalue weighted by molar-refractivity contribution is 5.84. The Morgan fingerprint density at radius 3 is 1.02 bits per heavy atom. The molecule has 4 atom stereocenters. The van der Waals surface area contributed by atoms with Gasteiger partial charge in [-0.05, 0) is 47.9 Å². The standard InChI is InChI=1S/C36H38N2O4/c39-33-29(21-25-13-5-1-6-14-25)35(41)37-31(23-27-17-9-3-10-18-27)34(40)32(24-28-19-11-4-12-20-28)38-36(42)30(33)22-26-15-7-2-8-16-26/h1-20,29-34,39-40H,21-24H2,(H,37,41)(H,38,42). The number of amides is 2. The molecule has 1 saturated heterocycles. The summed E-state index contributed by atoms with van der Waals surface area (Å²) in [7, 11) is 0. The molecule has 0 aromatic heterocycles. The van der Waals surface area contributed by atoms with Crippen molar-refractivity contribution < 1.29 is 19.8 Å². The Morgan fingerprint density at radius 2 is 0.714 bits per heavy atom. The molecule has 0 aliphatic carbocycles. The minimum absolute atomic E-state index is 0.258. The van der Waals surface area contributed by atoms with Crippen molar-refractivity contribution in [2.75, 3.05) is 0 Å². The molecule has 42 heavy (non-hydrogen) atoms. The summed E-state index contributed by atoms with van der Waals surface area (Å²) in [6.45, 7) is 0. The fraction of sp³-hybridized carbons (Fsp3) is 0.278. The van der Waals surface area contributed by atoms with Crippen LogP contribution in [0.15, 0.2) is 121 Å². The van der Waals surface area contributed by atoms with Crippen LogP contribution >= 0.6 is 0 Å². The van der Waals surface area contributed by atoms with Gasteiger partial charge in [-0.2, -0.15) is 0 Å². The van der Waals surface area contributed by atoms with Gasteiger partial charge in [0.25, 0.3) is 0 Å². The van der Waals surface area contributed by atoms with Gasteiger partial charge in [0.05, 0.1) is 36.1 Å². The van der Waals surface area contributed by atoms with Crippen molar-refractivity contribution in [1.82, 2.24) is 10.6 Å². The zero-order valence-corrected chi connectivity index (χ0v) is 23.6. The Hall–Kier alpha value is -4.26. The molecule has 4 unspecified atom stereocenters. The summed E-state index contributed by atoms with van der Waals surface area (Å²) in [6.07, 6.45) is -1.08. The van der Waals surface area contributed by atoms with Crippen molar-refractivity contribution in [2.45, 2.75) is 50.0 Å². The van der Waals surface area contributed by atoms with E-state index in [1.165, 1.54) is 0 Å². The maximum Gasteiger partial charge on any atom is 0.226 e. The summed E-state index contributed by atoms with van der Waals surface area (Å²) in [5.74, 6) is -2.55. The topological polar surface area (TPSA) is 98.7 Å². The van der Waals surface area contributed by atoms with E-state index in [-0.39, 0.29) is 24.7 Å². The van der Waals surface area contributed by atoms with Gasteiger partial charge in [-0.25, -0.2) is 0 Å². The molecular formula is C36H38N2O4. The second kappa shape index (κ2) is 14.1. The van der Waals surface area contributed by atoms with Crippen molar-refractivity contribution in [3.63, 3.8) is 0 Å². The normalized spacial score (nSPS) is 24.8. The molecule has 4 aromatic rings. The van der Waals surface area contributed by atoms with Crippen LogP contribution in [0.4, 0.5) is 0 Å². The number of carbonyl (C=O) groups excluding carboxylic acids is 2. The molecule has 216 valence electrons. The van der Waals surface area contributed by atoms with E-state index >= 15 is 0 Å². The molecule has 1 heterocycles. The van der Waals surface area contributed by atoms with E-state index in [0.717, 1.165) is 22.3 Å². The van der Waals surface area contributed by atoms with E-state index in [1.54, 1.807) is 0 Å². The number of aliphatic hydroxyl groups is 2. The third kappa shape index (κ3) is 7.52. The van der Waals surface area contributed by atoms with E-state index < -0.39 is 36.1 Å². The maximum absolute atomic E-state index is 14.0. The van der Waals surface area contributed by atoms with Gasteiger partial charge in [0.2, 0.25) is 11.8 Å². The van der Waals surface area contributed by atoms with Crippen LogP contribution in [-0.2, 0) is 35.3 Å². The molecule has 0 saturated carbocycles. The summed E-state index contributed by atoms with van der Waals surface area (Å²) in [6, 6.07) is 37.0. The zero-order chi connectivity index (χ0) is 29.3. The van der Waals surface area contributed by atoms with E-state index in [9.17, 15) is 19.8 Å². The van der Waals surface area contributed by atoms with Crippen molar-refractivity contribution in [2.24, 2.45) is 11.8 Å². The first kappa shape index (κ1) is 29.2. The van der Waals surface area contributed by atoms with E-state index in [1.807, 2.05) is 121 Å². The highest BCUT2D eigenvalue weighted by Crippen LogP contribution is 2.26. The molecule has 5 rings (SSSR count). The van der Waals surface area contributed by atoms with Crippen molar-refractivity contribution in [3.8, 4) is 0 Å². The van der Waals surface area contributed by atoms with Gasteiger partial charge in [-0.3, -0.25) is 9.59 Å². The molecule has 0 radical (unpaired) electrons. The number of hydrogen-bond acceptors (Lipinski definition) is 4. The summed E-state index contributed by atoms with van der Waals surface area (Å²) < 4.78 is 0. The third-order valence-electron chi connectivity index (χ3n) is 8.17. The van der Waals surface area contributed by atoms with Gasteiger partial charge in [0.15, 0.2) is 0 Å². The first-order valence-corrected chi connectivity index (χ1v) is 14.6. The molecule has 0 bridgehead atoms. The van der Waals surface area contributed by atoms with E-state index in [2.05, 4.69) is 10.6 Å². The van der Waals surface area contributed by atoms with Crippen LogP contribution in [0.5, 0.6) is 0 Å². The third-order valence-corrected chi connectivity index (χ3v) is 8.17. The van der Waals surface area contributed by atoms with Gasteiger partial charge in [-0.15, -0.1) is 0 Å². The first-order valence-electron chi connectivity index (χ1n) is 14.6. The quantitative estimate of drug-likeness (QED) is 0.262. The van der Waals surface area contributed by atoms with Crippen LogP contribution in [0.2, 0.25) is 0 Å². The molecule has 6 heteroatoms. The van der Waals surface area contributed by atoms with Crippen LogP contribution in [-0.4, -0.2) is 46.3 Å². The predicted molar refractivity (Wildman–Crippen MR) is 163 cm³/mol. The SMILES string of the molecule is O=C1NC(Cc2ccccc2)C(O)C(Cc2ccccc2)NC(=O)C(Cc2ccccc2)C(O)C1Cc1ccccc1. The van der Waals surface area contributed by atoms with E-state index in [0.29, 0.717) is 12.8 Å². The predicted octanol–water partition coefficient (Wildman–Crippen LogP) is 3.89. The molecule has 1 aliphatic heterocycles. The van der Waals surface area contributed by atoms with Gasteiger partial charge in [0, 0.05) is 0 Å². The molecule has 2 amide bonds. The minimum atomic E-state index is -1.25. The number of aliphatic hydroxyl groups excluding tert-OH is 2. The number of carbonyl (C=O) groups is 2. The highest BCUT2D eigenvalue weighted by Gasteiger charge is 2.42. The molecule has 1 aliphatic rings. The van der Waals surface area contributed by atoms with Crippen LogP contribution in [0.1, 0.15) is 22.3 Å². The molecular weight excluding hydrogens is 524 g/mol. The molecule has 0 spiro atoms. The Bertz CT molecular complexity index is 1310. The lowest BCUT2D eigenvalue weighted by Crippen LogP contribution is -2.61. The lowest BCUT2D eigenvalue weighted by atomic mass is 9.80. The fourth-order valence-corrected chi connectivity index (χ4v) is 5.86. The van der Waals surface area contributed by atoms with Crippen molar-refractivity contribution in [1.29, 1.82) is 0 Å². The Labute approximate surface area is 247 Å².